The van der Waals surface area contributed by atoms with E-state index >= 15 is 0 Å². The van der Waals surface area contributed by atoms with Crippen molar-refractivity contribution in [3.63, 3.8) is 0 Å². The monoisotopic (exact) mass is 409 g/mol. The van der Waals surface area contributed by atoms with Crippen molar-refractivity contribution >= 4 is 22.1 Å². The standard InChI is InChI=1S/C24H23N7/c1-2-7-31(8-3-1)15-16-9-18(13-25-12-16)19-10-20-22(29-30-24(20)27-14-19)21-11-17-5-4-6-26-23(17)28-21/h4-6,9-14H,1-3,7-8,15H2,(H,26,28)(H,27,29,30). The lowest BCUT2D eigenvalue weighted by atomic mass is 10.0. The van der Waals surface area contributed by atoms with E-state index in [2.05, 4.69) is 53.2 Å². The number of nitrogens with zero attached hydrogens (tertiary/aromatic N) is 5. The number of piperidine rings is 1. The number of fused-ring (bicyclic) bond motifs is 2. The molecule has 0 aromatic carbocycles. The van der Waals surface area contributed by atoms with Crippen molar-refractivity contribution in [2.45, 2.75) is 25.8 Å². The van der Waals surface area contributed by atoms with Crippen LogP contribution < -0.4 is 0 Å². The molecule has 1 fully saturated rings. The normalized spacial score (nSPS) is 15.1. The van der Waals surface area contributed by atoms with Crippen LogP contribution in [0.5, 0.6) is 0 Å². The molecule has 0 amide bonds. The van der Waals surface area contributed by atoms with E-state index in [1.54, 1.807) is 6.20 Å². The average Bonchev–Trinajstić information content (AvgIpc) is 3.43. The van der Waals surface area contributed by atoms with Crippen molar-refractivity contribution in [2.75, 3.05) is 13.1 Å². The molecule has 7 nitrogen and oxygen atoms in total. The fourth-order valence-electron chi connectivity index (χ4n) is 4.46. The van der Waals surface area contributed by atoms with Crippen LogP contribution in [0.3, 0.4) is 0 Å². The Morgan fingerprint density at radius 3 is 2.74 bits per heavy atom. The SMILES string of the molecule is c1cnc2[nH]c(-c3[nH]nc4ncc(-c5cncc(CN6CCCCC6)c5)cc34)cc2c1. The number of H-pyrrole nitrogens is 2. The zero-order valence-corrected chi connectivity index (χ0v) is 17.2. The lowest BCUT2D eigenvalue weighted by molar-refractivity contribution is 0.220. The third-order valence-electron chi connectivity index (χ3n) is 6.05. The van der Waals surface area contributed by atoms with E-state index in [0.717, 1.165) is 45.5 Å². The highest BCUT2D eigenvalue weighted by Gasteiger charge is 2.14. The first-order valence-corrected chi connectivity index (χ1v) is 10.8. The number of aromatic amines is 2. The van der Waals surface area contributed by atoms with Gasteiger partial charge in [-0.25, -0.2) is 9.97 Å². The number of hydrogen-bond acceptors (Lipinski definition) is 5. The smallest absolute Gasteiger partial charge is 0.181 e. The maximum absolute atomic E-state index is 4.59. The summed E-state index contributed by atoms with van der Waals surface area (Å²) in [5, 5.41) is 9.58. The third kappa shape index (κ3) is 3.47. The van der Waals surface area contributed by atoms with Crippen LogP contribution in [0.15, 0.2) is 55.1 Å². The topological polar surface area (TPSA) is 86.4 Å². The predicted octanol–water partition coefficient (Wildman–Crippen LogP) is 4.55. The fourth-order valence-corrected chi connectivity index (χ4v) is 4.46. The van der Waals surface area contributed by atoms with Gasteiger partial charge < -0.3 is 4.98 Å². The Hall–Kier alpha value is -3.58. The molecular formula is C24H23N7. The number of pyridine rings is 3. The Morgan fingerprint density at radius 1 is 0.935 bits per heavy atom. The van der Waals surface area contributed by atoms with Crippen molar-refractivity contribution in [3.8, 4) is 22.5 Å². The molecule has 6 rings (SSSR count). The molecule has 31 heavy (non-hydrogen) atoms. The van der Waals surface area contributed by atoms with Crippen molar-refractivity contribution in [3.05, 3.63) is 60.7 Å². The van der Waals surface area contributed by atoms with E-state index < -0.39 is 0 Å². The van der Waals surface area contributed by atoms with Crippen LogP contribution in [0, 0.1) is 0 Å². The maximum Gasteiger partial charge on any atom is 0.181 e. The number of rotatable bonds is 4. The van der Waals surface area contributed by atoms with E-state index in [1.807, 2.05) is 30.7 Å². The average molecular weight is 409 g/mol. The van der Waals surface area contributed by atoms with Gasteiger partial charge >= 0.3 is 0 Å². The van der Waals surface area contributed by atoms with Crippen molar-refractivity contribution in [1.82, 2.24) is 35.0 Å². The van der Waals surface area contributed by atoms with Crippen LogP contribution in [0.4, 0.5) is 0 Å². The first-order chi connectivity index (χ1) is 15.3. The largest absolute Gasteiger partial charge is 0.338 e. The summed E-state index contributed by atoms with van der Waals surface area (Å²) in [6, 6.07) is 10.4. The quantitative estimate of drug-likeness (QED) is 0.455. The molecule has 1 aliphatic heterocycles. The van der Waals surface area contributed by atoms with Crippen molar-refractivity contribution in [1.29, 1.82) is 0 Å². The second kappa shape index (κ2) is 7.59. The second-order valence-electron chi connectivity index (χ2n) is 8.24. The minimum Gasteiger partial charge on any atom is -0.338 e. The Labute approximate surface area is 179 Å². The van der Waals surface area contributed by atoms with Gasteiger partial charge in [0, 0.05) is 53.2 Å². The summed E-state index contributed by atoms with van der Waals surface area (Å²) in [4.78, 5) is 19.4. The molecule has 0 saturated carbocycles. The number of nitrogens with one attached hydrogen (secondary N) is 2. The first kappa shape index (κ1) is 18.2. The molecular weight excluding hydrogens is 386 g/mol. The van der Waals surface area contributed by atoms with Gasteiger partial charge in [0.1, 0.15) is 5.65 Å². The van der Waals surface area contributed by atoms with Crippen LogP contribution in [-0.4, -0.2) is 48.1 Å². The Morgan fingerprint density at radius 2 is 1.84 bits per heavy atom. The van der Waals surface area contributed by atoms with E-state index in [0.29, 0.717) is 5.65 Å². The predicted molar refractivity (Wildman–Crippen MR) is 121 cm³/mol. The summed E-state index contributed by atoms with van der Waals surface area (Å²) in [6.45, 7) is 3.31. The zero-order chi connectivity index (χ0) is 20.6. The van der Waals surface area contributed by atoms with Gasteiger partial charge in [-0.1, -0.05) is 6.42 Å². The summed E-state index contributed by atoms with van der Waals surface area (Å²) in [6.07, 6.45) is 11.5. The van der Waals surface area contributed by atoms with Gasteiger partial charge in [-0.05, 0) is 61.8 Å². The molecule has 5 aromatic rings. The van der Waals surface area contributed by atoms with Crippen LogP contribution in [0.25, 0.3) is 44.6 Å². The minimum absolute atomic E-state index is 0.697. The van der Waals surface area contributed by atoms with E-state index in [9.17, 15) is 0 Å². The summed E-state index contributed by atoms with van der Waals surface area (Å²) in [7, 11) is 0. The molecule has 0 bridgehead atoms. The Balaban J connectivity index is 1.36. The summed E-state index contributed by atoms with van der Waals surface area (Å²) < 4.78 is 0. The van der Waals surface area contributed by atoms with Gasteiger partial charge in [0.2, 0.25) is 0 Å². The lowest BCUT2D eigenvalue weighted by Gasteiger charge is -2.26. The van der Waals surface area contributed by atoms with Crippen LogP contribution in [-0.2, 0) is 6.54 Å². The highest BCUT2D eigenvalue weighted by atomic mass is 15.2. The lowest BCUT2D eigenvalue weighted by Crippen LogP contribution is -2.29. The number of hydrogen-bond donors (Lipinski definition) is 2. The van der Waals surface area contributed by atoms with Gasteiger partial charge in [-0.2, -0.15) is 5.10 Å². The fraction of sp³-hybridized carbons (Fsp3) is 0.250. The third-order valence-corrected chi connectivity index (χ3v) is 6.05. The van der Waals surface area contributed by atoms with Gasteiger partial charge in [-0.3, -0.25) is 15.0 Å². The molecule has 0 atom stereocenters. The minimum atomic E-state index is 0.697. The molecule has 7 heteroatoms. The van der Waals surface area contributed by atoms with Gasteiger partial charge in [0.15, 0.2) is 5.65 Å². The van der Waals surface area contributed by atoms with Gasteiger partial charge in [-0.15, -0.1) is 0 Å². The van der Waals surface area contributed by atoms with Gasteiger partial charge in [0.25, 0.3) is 0 Å². The number of aromatic nitrogens is 6. The highest BCUT2D eigenvalue weighted by Crippen LogP contribution is 2.30. The number of likely N-dealkylation sites (tertiary alicyclic amines) is 1. The van der Waals surface area contributed by atoms with Crippen molar-refractivity contribution in [2.24, 2.45) is 0 Å². The molecule has 0 unspecified atom stereocenters. The second-order valence-corrected chi connectivity index (χ2v) is 8.24. The molecule has 154 valence electrons. The summed E-state index contributed by atoms with van der Waals surface area (Å²) in [5.41, 5.74) is 6.79. The maximum atomic E-state index is 4.59. The molecule has 0 radical (unpaired) electrons. The molecule has 1 saturated heterocycles. The molecule has 6 heterocycles. The summed E-state index contributed by atoms with van der Waals surface area (Å²) in [5.74, 6) is 0. The first-order valence-electron chi connectivity index (χ1n) is 10.8. The van der Waals surface area contributed by atoms with Crippen LogP contribution >= 0.6 is 0 Å². The van der Waals surface area contributed by atoms with Gasteiger partial charge in [0.05, 0.1) is 11.4 Å². The van der Waals surface area contributed by atoms with Crippen molar-refractivity contribution < 1.29 is 0 Å². The molecule has 2 N–H and O–H groups in total. The molecule has 5 aromatic heterocycles. The Bertz CT molecular complexity index is 1330. The van der Waals surface area contributed by atoms with Crippen LogP contribution in [0.2, 0.25) is 0 Å². The molecule has 0 spiro atoms. The molecule has 0 aliphatic carbocycles. The van der Waals surface area contributed by atoms with E-state index in [-0.39, 0.29) is 0 Å². The Kier molecular flexibility index (Phi) is 4.46. The van der Waals surface area contributed by atoms with E-state index in [4.69, 9.17) is 0 Å². The highest BCUT2D eigenvalue weighted by molar-refractivity contribution is 5.95. The van der Waals surface area contributed by atoms with E-state index in [1.165, 1.54) is 37.9 Å². The van der Waals surface area contributed by atoms with Crippen LogP contribution in [0.1, 0.15) is 24.8 Å². The zero-order valence-electron chi connectivity index (χ0n) is 17.2. The summed E-state index contributed by atoms with van der Waals surface area (Å²) >= 11 is 0. The molecule has 1 aliphatic rings.